The molecule has 12 heavy (non-hydrogen) atoms. The van der Waals surface area contributed by atoms with Gasteiger partial charge in [-0.15, -0.1) is 0 Å². The van der Waals surface area contributed by atoms with Crippen molar-refractivity contribution in [1.29, 1.82) is 0 Å². The van der Waals surface area contributed by atoms with Crippen LogP contribution in [0.25, 0.3) is 11.0 Å². The van der Waals surface area contributed by atoms with Crippen molar-refractivity contribution in [3.63, 3.8) is 0 Å². The monoisotopic (exact) mass is 161 g/mol. The van der Waals surface area contributed by atoms with E-state index in [1.54, 1.807) is 0 Å². The average Bonchev–Trinajstić information content (AvgIpc) is 2.31. The fourth-order valence-corrected chi connectivity index (χ4v) is 1.32. The summed E-state index contributed by atoms with van der Waals surface area (Å²) in [7, 11) is 2.02. The molecule has 2 aromatic rings. The SMILES string of the molecule is Cc1cc2c(cn1)nc(C)n2C. The van der Waals surface area contributed by atoms with E-state index in [1.165, 1.54) is 0 Å². The minimum atomic E-state index is 0.973. The van der Waals surface area contributed by atoms with Crippen LogP contribution < -0.4 is 0 Å². The van der Waals surface area contributed by atoms with Gasteiger partial charge in [-0.25, -0.2) is 4.98 Å². The fourth-order valence-electron chi connectivity index (χ4n) is 1.32. The molecule has 62 valence electrons. The molecule has 2 heterocycles. The summed E-state index contributed by atoms with van der Waals surface area (Å²) in [6, 6.07) is 2.05. The minimum Gasteiger partial charge on any atom is -0.331 e. The van der Waals surface area contributed by atoms with Gasteiger partial charge in [0.15, 0.2) is 0 Å². The van der Waals surface area contributed by atoms with E-state index in [1.807, 2.05) is 27.1 Å². The molecule has 2 aromatic heterocycles. The fraction of sp³-hybridized carbons (Fsp3) is 0.333. The number of aromatic nitrogens is 3. The van der Waals surface area contributed by atoms with Crippen molar-refractivity contribution >= 4 is 11.0 Å². The van der Waals surface area contributed by atoms with E-state index in [9.17, 15) is 0 Å². The van der Waals surface area contributed by atoms with Gasteiger partial charge >= 0.3 is 0 Å². The summed E-state index contributed by atoms with van der Waals surface area (Å²) in [5.41, 5.74) is 3.16. The van der Waals surface area contributed by atoms with Gasteiger partial charge in [0.25, 0.3) is 0 Å². The Hall–Kier alpha value is -1.38. The number of imidazole rings is 1. The van der Waals surface area contributed by atoms with Crippen LogP contribution in [0.3, 0.4) is 0 Å². The number of rotatable bonds is 0. The standard InChI is InChI=1S/C9H11N3/c1-6-4-9-8(5-10-6)11-7(2)12(9)3/h4-5H,1-3H3. The average molecular weight is 161 g/mol. The van der Waals surface area contributed by atoms with E-state index < -0.39 is 0 Å². The largest absolute Gasteiger partial charge is 0.331 e. The summed E-state index contributed by atoms with van der Waals surface area (Å²) in [6.45, 7) is 3.98. The zero-order valence-electron chi connectivity index (χ0n) is 7.50. The molecule has 0 aliphatic heterocycles. The molecule has 0 N–H and O–H groups in total. The molecule has 0 amide bonds. The molecule has 0 saturated heterocycles. The Balaban J connectivity index is 2.88. The van der Waals surface area contributed by atoms with E-state index in [0.717, 1.165) is 22.6 Å². The van der Waals surface area contributed by atoms with Crippen molar-refractivity contribution in [2.45, 2.75) is 13.8 Å². The molecule has 2 rings (SSSR count). The molecule has 0 bridgehead atoms. The third-order valence-electron chi connectivity index (χ3n) is 2.13. The number of nitrogens with zero attached hydrogens (tertiary/aromatic N) is 3. The lowest BCUT2D eigenvalue weighted by molar-refractivity contribution is 0.885. The van der Waals surface area contributed by atoms with Crippen LogP contribution >= 0.6 is 0 Å². The van der Waals surface area contributed by atoms with Crippen molar-refractivity contribution in [3.05, 3.63) is 23.8 Å². The molecule has 0 aromatic carbocycles. The van der Waals surface area contributed by atoms with Crippen LogP contribution in [0.4, 0.5) is 0 Å². The lowest BCUT2D eigenvalue weighted by Crippen LogP contribution is -1.90. The highest BCUT2D eigenvalue weighted by molar-refractivity contribution is 5.75. The molecule has 0 saturated carbocycles. The van der Waals surface area contributed by atoms with Crippen molar-refractivity contribution in [3.8, 4) is 0 Å². The van der Waals surface area contributed by atoms with Crippen molar-refractivity contribution < 1.29 is 0 Å². The van der Waals surface area contributed by atoms with E-state index in [-0.39, 0.29) is 0 Å². The summed E-state index contributed by atoms with van der Waals surface area (Å²) in [5, 5.41) is 0. The first kappa shape index (κ1) is 7.28. The summed E-state index contributed by atoms with van der Waals surface area (Å²) < 4.78 is 2.07. The summed E-state index contributed by atoms with van der Waals surface area (Å²) in [6.07, 6.45) is 1.82. The van der Waals surface area contributed by atoms with E-state index in [0.29, 0.717) is 0 Å². The molecule has 0 unspecified atom stereocenters. The van der Waals surface area contributed by atoms with Gasteiger partial charge in [0.1, 0.15) is 11.3 Å². The van der Waals surface area contributed by atoms with Crippen LogP contribution in [0.5, 0.6) is 0 Å². The van der Waals surface area contributed by atoms with E-state index in [2.05, 4.69) is 20.6 Å². The predicted molar refractivity (Wildman–Crippen MR) is 48.0 cm³/mol. The summed E-state index contributed by atoms with van der Waals surface area (Å²) in [4.78, 5) is 8.54. The molecule has 3 heteroatoms. The van der Waals surface area contributed by atoms with Gasteiger partial charge in [-0.05, 0) is 19.9 Å². The van der Waals surface area contributed by atoms with Gasteiger partial charge in [-0.2, -0.15) is 0 Å². The first-order chi connectivity index (χ1) is 5.68. The highest BCUT2D eigenvalue weighted by Crippen LogP contribution is 2.13. The quantitative estimate of drug-likeness (QED) is 0.587. The van der Waals surface area contributed by atoms with Gasteiger partial charge < -0.3 is 4.57 Å². The van der Waals surface area contributed by atoms with Crippen LogP contribution in [-0.4, -0.2) is 14.5 Å². The lowest BCUT2D eigenvalue weighted by Gasteiger charge is -1.96. The molecular weight excluding hydrogens is 150 g/mol. The maximum absolute atomic E-state index is 4.35. The topological polar surface area (TPSA) is 30.7 Å². The van der Waals surface area contributed by atoms with Crippen LogP contribution in [-0.2, 0) is 7.05 Å². The van der Waals surface area contributed by atoms with E-state index in [4.69, 9.17) is 0 Å². The van der Waals surface area contributed by atoms with Gasteiger partial charge in [0.2, 0.25) is 0 Å². The Morgan fingerprint density at radius 2 is 2.08 bits per heavy atom. The van der Waals surface area contributed by atoms with Crippen LogP contribution in [0, 0.1) is 13.8 Å². The highest BCUT2D eigenvalue weighted by Gasteiger charge is 2.03. The van der Waals surface area contributed by atoms with Gasteiger partial charge in [-0.3, -0.25) is 4.98 Å². The first-order valence-electron chi connectivity index (χ1n) is 3.94. The van der Waals surface area contributed by atoms with Crippen LogP contribution in [0.15, 0.2) is 12.3 Å². The van der Waals surface area contributed by atoms with Gasteiger partial charge in [-0.1, -0.05) is 0 Å². The zero-order chi connectivity index (χ0) is 8.72. The Morgan fingerprint density at radius 3 is 2.83 bits per heavy atom. The van der Waals surface area contributed by atoms with Crippen LogP contribution in [0.2, 0.25) is 0 Å². The number of hydrogen-bond acceptors (Lipinski definition) is 2. The Kier molecular flexibility index (Phi) is 1.40. The predicted octanol–water partition coefficient (Wildman–Crippen LogP) is 1.59. The smallest absolute Gasteiger partial charge is 0.107 e. The molecule has 0 aliphatic rings. The lowest BCUT2D eigenvalue weighted by atomic mass is 10.3. The van der Waals surface area contributed by atoms with Gasteiger partial charge in [0, 0.05) is 12.7 Å². The second kappa shape index (κ2) is 2.30. The second-order valence-electron chi connectivity index (χ2n) is 3.03. The zero-order valence-corrected chi connectivity index (χ0v) is 7.50. The Morgan fingerprint density at radius 1 is 1.33 bits per heavy atom. The minimum absolute atomic E-state index is 0.973. The number of aryl methyl sites for hydroxylation is 3. The highest BCUT2D eigenvalue weighted by atomic mass is 15.1. The summed E-state index contributed by atoms with van der Waals surface area (Å²) >= 11 is 0. The number of hydrogen-bond donors (Lipinski definition) is 0. The normalized spacial score (nSPS) is 10.9. The third kappa shape index (κ3) is 0.897. The van der Waals surface area contributed by atoms with Crippen LogP contribution in [0.1, 0.15) is 11.5 Å². The van der Waals surface area contributed by atoms with Gasteiger partial charge in [0.05, 0.1) is 11.7 Å². The molecule has 0 radical (unpaired) electrons. The molecule has 0 aliphatic carbocycles. The first-order valence-corrected chi connectivity index (χ1v) is 3.94. The molecule has 0 fully saturated rings. The number of fused-ring (bicyclic) bond motifs is 1. The Labute approximate surface area is 71.1 Å². The molecular formula is C9H11N3. The van der Waals surface area contributed by atoms with Crippen molar-refractivity contribution in [2.75, 3.05) is 0 Å². The van der Waals surface area contributed by atoms with E-state index >= 15 is 0 Å². The number of pyridine rings is 1. The summed E-state index contributed by atoms with van der Waals surface area (Å²) in [5.74, 6) is 1.03. The third-order valence-corrected chi connectivity index (χ3v) is 2.13. The molecule has 0 atom stereocenters. The maximum Gasteiger partial charge on any atom is 0.107 e. The van der Waals surface area contributed by atoms with Crippen molar-refractivity contribution in [2.24, 2.45) is 7.05 Å². The Bertz CT molecular complexity index is 429. The molecule has 3 nitrogen and oxygen atoms in total. The van der Waals surface area contributed by atoms with Crippen molar-refractivity contribution in [1.82, 2.24) is 14.5 Å². The molecule has 0 spiro atoms. The second-order valence-corrected chi connectivity index (χ2v) is 3.03. The maximum atomic E-state index is 4.35.